The summed E-state index contributed by atoms with van der Waals surface area (Å²) in [6.07, 6.45) is 0.984. The van der Waals surface area contributed by atoms with Gasteiger partial charge in [-0.2, -0.15) is 0 Å². The fourth-order valence-electron chi connectivity index (χ4n) is 2.37. The summed E-state index contributed by atoms with van der Waals surface area (Å²) in [6.45, 7) is 1.49. The molecule has 0 N–H and O–H groups in total. The van der Waals surface area contributed by atoms with Crippen LogP contribution in [0.5, 0.6) is 11.5 Å². The smallest absolute Gasteiger partial charge is 0.458 e. The van der Waals surface area contributed by atoms with Crippen LogP contribution in [-0.4, -0.2) is 17.8 Å². The molecule has 1 heterocycles. The Bertz CT molecular complexity index is 752. The molecule has 2 aromatic carbocycles. The van der Waals surface area contributed by atoms with Crippen molar-refractivity contribution in [2.24, 2.45) is 0 Å². The highest BCUT2D eigenvalue weighted by Gasteiger charge is 2.30. The van der Waals surface area contributed by atoms with Crippen LogP contribution in [-0.2, 0) is 6.54 Å². The van der Waals surface area contributed by atoms with Crippen molar-refractivity contribution in [3.8, 4) is 11.5 Å². The molecule has 0 atom stereocenters. The van der Waals surface area contributed by atoms with E-state index in [2.05, 4.69) is 21.8 Å². The molecule has 0 spiro atoms. The molecule has 0 amide bonds. The molecule has 1 aliphatic heterocycles. The predicted octanol–water partition coefficient (Wildman–Crippen LogP) is 4.88. The minimum absolute atomic E-state index is 0.276. The number of allylic oxidation sites excluding steroid dienone is 1. The predicted molar refractivity (Wildman–Crippen MR) is 87.8 cm³/mol. The molecule has 3 nitrogen and oxygen atoms in total. The van der Waals surface area contributed by atoms with Crippen molar-refractivity contribution < 1.29 is 22.6 Å². The summed E-state index contributed by atoms with van der Waals surface area (Å²) >= 11 is 0. The summed E-state index contributed by atoms with van der Waals surface area (Å²) in [5, 5.41) is 0. The van der Waals surface area contributed by atoms with Crippen LogP contribution in [0.25, 0.3) is 0 Å². The van der Waals surface area contributed by atoms with E-state index in [1.54, 1.807) is 0 Å². The molecule has 0 bridgehead atoms. The average molecular weight is 347 g/mol. The minimum Gasteiger partial charge on any atom is -0.458 e. The van der Waals surface area contributed by atoms with E-state index >= 15 is 0 Å². The highest BCUT2D eigenvalue weighted by molar-refractivity contribution is 5.34. The fourth-order valence-corrected chi connectivity index (χ4v) is 2.37. The average Bonchev–Trinajstić information content (AvgIpc) is 2.58. The molecule has 3 rings (SSSR count). The lowest BCUT2D eigenvalue weighted by Gasteiger charge is -2.22. The number of ether oxygens (including phenoxy) is 2. The quantitative estimate of drug-likeness (QED) is 0.770. The van der Waals surface area contributed by atoms with E-state index in [0.717, 1.165) is 6.54 Å². The molecule has 130 valence electrons. The molecule has 0 radical (unpaired) electrons. The third-order valence-corrected chi connectivity index (χ3v) is 3.50. The van der Waals surface area contributed by atoms with Gasteiger partial charge >= 0.3 is 6.36 Å². The van der Waals surface area contributed by atoms with Gasteiger partial charge in [0.15, 0.2) is 0 Å². The van der Waals surface area contributed by atoms with Gasteiger partial charge in [0, 0.05) is 19.3 Å². The number of halogens is 3. The summed E-state index contributed by atoms with van der Waals surface area (Å²) in [4.78, 5) is 2.13. The topological polar surface area (TPSA) is 21.7 Å². The van der Waals surface area contributed by atoms with E-state index < -0.39 is 6.36 Å². The highest BCUT2D eigenvalue weighted by Crippen LogP contribution is 2.26. The van der Waals surface area contributed by atoms with Crippen molar-refractivity contribution in [3.05, 3.63) is 84.3 Å². The Morgan fingerprint density at radius 2 is 1.60 bits per heavy atom. The van der Waals surface area contributed by atoms with Crippen LogP contribution in [0, 0.1) is 0 Å². The lowest BCUT2D eigenvalue weighted by molar-refractivity contribution is -0.274. The number of rotatable bonds is 5. The Morgan fingerprint density at radius 3 is 2.20 bits per heavy atom. The van der Waals surface area contributed by atoms with Crippen LogP contribution < -0.4 is 9.47 Å². The second kappa shape index (κ2) is 7.34. The van der Waals surface area contributed by atoms with Crippen molar-refractivity contribution >= 4 is 0 Å². The van der Waals surface area contributed by atoms with E-state index in [0.29, 0.717) is 18.1 Å². The third kappa shape index (κ3) is 5.31. The highest BCUT2D eigenvalue weighted by atomic mass is 19.4. The zero-order valence-corrected chi connectivity index (χ0v) is 13.2. The zero-order chi connectivity index (χ0) is 17.7. The number of alkyl halides is 3. The van der Waals surface area contributed by atoms with Crippen LogP contribution in [0.2, 0.25) is 0 Å². The van der Waals surface area contributed by atoms with Crippen molar-refractivity contribution in [2.75, 3.05) is 6.54 Å². The van der Waals surface area contributed by atoms with Gasteiger partial charge in [0.2, 0.25) is 0 Å². The van der Waals surface area contributed by atoms with Gasteiger partial charge in [0.25, 0.3) is 0 Å². The maximum absolute atomic E-state index is 12.1. The van der Waals surface area contributed by atoms with Crippen molar-refractivity contribution in [3.63, 3.8) is 0 Å². The zero-order valence-electron chi connectivity index (χ0n) is 13.2. The Morgan fingerprint density at radius 1 is 0.920 bits per heavy atom. The van der Waals surface area contributed by atoms with Gasteiger partial charge in [-0.05, 0) is 42.0 Å². The van der Waals surface area contributed by atoms with Gasteiger partial charge in [-0.15, -0.1) is 13.2 Å². The van der Waals surface area contributed by atoms with Crippen LogP contribution in [0.4, 0.5) is 13.2 Å². The molecule has 0 aromatic heterocycles. The Hall–Kier alpha value is -2.89. The first kappa shape index (κ1) is 17.0. The fraction of sp³-hybridized carbons (Fsp3) is 0.158. The largest absolute Gasteiger partial charge is 0.573 e. The molecular weight excluding hydrogens is 331 g/mol. The monoisotopic (exact) mass is 347 g/mol. The van der Waals surface area contributed by atoms with Crippen molar-refractivity contribution in [1.29, 1.82) is 0 Å². The van der Waals surface area contributed by atoms with Crippen molar-refractivity contribution in [2.45, 2.75) is 12.9 Å². The lowest BCUT2D eigenvalue weighted by atomic mass is 10.2. The van der Waals surface area contributed by atoms with Gasteiger partial charge < -0.3 is 14.4 Å². The third-order valence-electron chi connectivity index (χ3n) is 3.50. The van der Waals surface area contributed by atoms with Gasteiger partial charge in [-0.25, -0.2) is 0 Å². The minimum atomic E-state index is -4.70. The van der Waals surface area contributed by atoms with Gasteiger partial charge in [0.1, 0.15) is 17.3 Å². The first-order valence-corrected chi connectivity index (χ1v) is 7.68. The SMILES string of the molecule is FC(F)(F)Oc1ccc(OC2=CCN(Cc3ccccc3)C=C2)cc1. The Kier molecular flexibility index (Phi) is 4.97. The van der Waals surface area contributed by atoms with E-state index in [-0.39, 0.29) is 5.75 Å². The number of hydrogen-bond donors (Lipinski definition) is 0. The summed E-state index contributed by atoms with van der Waals surface area (Å²) in [6, 6.07) is 15.4. The number of nitrogens with zero attached hydrogens (tertiary/aromatic N) is 1. The molecule has 0 saturated carbocycles. The standard InChI is InChI=1S/C19H16F3NO2/c20-19(21,22)25-18-8-6-16(7-9-18)24-17-10-12-23(13-11-17)14-15-4-2-1-3-5-15/h1-12H,13-14H2. The lowest BCUT2D eigenvalue weighted by Crippen LogP contribution is -2.20. The maximum Gasteiger partial charge on any atom is 0.573 e. The van der Waals surface area contributed by atoms with E-state index in [4.69, 9.17) is 4.74 Å². The van der Waals surface area contributed by atoms with E-state index in [9.17, 15) is 13.2 Å². The van der Waals surface area contributed by atoms with E-state index in [1.165, 1.54) is 29.8 Å². The molecule has 1 aliphatic rings. The molecular formula is C19H16F3NO2. The molecule has 25 heavy (non-hydrogen) atoms. The van der Waals surface area contributed by atoms with Crippen LogP contribution in [0.3, 0.4) is 0 Å². The first-order chi connectivity index (χ1) is 12.0. The molecule has 2 aromatic rings. The number of hydrogen-bond acceptors (Lipinski definition) is 3. The molecule has 0 aliphatic carbocycles. The Labute approximate surface area is 143 Å². The van der Waals surface area contributed by atoms with Crippen LogP contribution >= 0.6 is 0 Å². The first-order valence-electron chi connectivity index (χ1n) is 7.68. The van der Waals surface area contributed by atoms with Crippen molar-refractivity contribution in [1.82, 2.24) is 4.90 Å². The molecule has 0 unspecified atom stereocenters. The Balaban J connectivity index is 1.53. The van der Waals surface area contributed by atoms with Crippen LogP contribution in [0.15, 0.2) is 78.7 Å². The summed E-state index contributed by atoms with van der Waals surface area (Å²) in [5.74, 6) is 0.817. The second-order valence-electron chi connectivity index (χ2n) is 5.46. The normalized spacial score (nSPS) is 14.2. The maximum atomic E-state index is 12.1. The molecule has 0 saturated heterocycles. The summed E-state index contributed by atoms with van der Waals surface area (Å²) in [5.41, 5.74) is 1.21. The van der Waals surface area contributed by atoms with Gasteiger partial charge in [-0.1, -0.05) is 30.3 Å². The molecule has 0 fully saturated rings. The number of benzene rings is 2. The second-order valence-corrected chi connectivity index (χ2v) is 5.46. The van der Waals surface area contributed by atoms with Gasteiger partial charge in [-0.3, -0.25) is 0 Å². The summed E-state index contributed by atoms with van der Waals surface area (Å²) in [7, 11) is 0. The van der Waals surface area contributed by atoms with E-state index in [1.807, 2.05) is 36.6 Å². The molecule has 6 heteroatoms. The summed E-state index contributed by atoms with van der Waals surface area (Å²) < 4.78 is 45.9. The van der Waals surface area contributed by atoms with Crippen LogP contribution in [0.1, 0.15) is 5.56 Å². The van der Waals surface area contributed by atoms with Gasteiger partial charge in [0.05, 0.1) is 0 Å².